The molecule has 1 unspecified atom stereocenters. The smallest absolute Gasteiger partial charge is 0.143 e. The molecule has 1 N–H and O–H groups in total. The molecule has 1 rings (SSSR count). The van der Waals surface area contributed by atoms with Crippen molar-refractivity contribution in [3.8, 4) is 0 Å². The molecule has 0 fully saturated rings. The zero-order valence-electron chi connectivity index (χ0n) is 8.54. The number of aliphatic hydroxyl groups is 1. The van der Waals surface area contributed by atoms with Gasteiger partial charge in [-0.3, -0.25) is 0 Å². The summed E-state index contributed by atoms with van der Waals surface area (Å²) < 4.78 is 14.0. The van der Waals surface area contributed by atoms with E-state index in [2.05, 4.69) is 15.9 Å². The maximum absolute atomic E-state index is 13.5. The van der Waals surface area contributed by atoms with E-state index >= 15 is 0 Å². The molecule has 1 aromatic rings. The number of hydrogen-bond donors (Lipinski definition) is 1. The maximum Gasteiger partial charge on any atom is 0.143 e. The number of benzene rings is 1. The number of rotatable bonds is 5. The van der Waals surface area contributed by atoms with Crippen molar-refractivity contribution in [3.63, 3.8) is 0 Å². The third kappa shape index (κ3) is 3.78. The quantitative estimate of drug-likeness (QED) is 0.834. The van der Waals surface area contributed by atoms with E-state index in [9.17, 15) is 9.50 Å². The van der Waals surface area contributed by atoms with Crippen LogP contribution in [0.4, 0.5) is 4.39 Å². The highest BCUT2D eigenvalue weighted by molar-refractivity contribution is 9.10. The first-order chi connectivity index (χ1) is 7.16. The molecule has 0 amide bonds. The van der Waals surface area contributed by atoms with Crippen LogP contribution in [0, 0.1) is 5.82 Å². The lowest BCUT2D eigenvalue weighted by Crippen LogP contribution is -2.01. The lowest BCUT2D eigenvalue weighted by atomic mass is 10.1. The van der Waals surface area contributed by atoms with Gasteiger partial charge in [-0.25, -0.2) is 4.39 Å². The van der Waals surface area contributed by atoms with Crippen molar-refractivity contribution in [2.45, 2.75) is 18.9 Å². The van der Waals surface area contributed by atoms with Crippen molar-refractivity contribution in [1.82, 2.24) is 0 Å². The average molecular weight is 293 g/mol. The Labute approximate surface area is 102 Å². The van der Waals surface area contributed by atoms with Crippen molar-refractivity contribution < 1.29 is 9.50 Å². The van der Waals surface area contributed by atoms with Crippen LogP contribution in [-0.4, -0.2) is 17.1 Å². The Bertz CT molecular complexity index is 319. The van der Waals surface area contributed by atoms with Crippen molar-refractivity contribution in [2.24, 2.45) is 0 Å². The highest BCUT2D eigenvalue weighted by Gasteiger charge is 2.13. The predicted octanol–water partition coefficient (Wildman–Crippen LogP) is 3.76. The van der Waals surface area contributed by atoms with E-state index in [1.54, 1.807) is 30.0 Å². The van der Waals surface area contributed by atoms with Gasteiger partial charge in [0.25, 0.3) is 0 Å². The normalized spacial score (nSPS) is 12.8. The summed E-state index contributed by atoms with van der Waals surface area (Å²) in [5.74, 6) is 0.640. The average Bonchev–Trinajstić information content (AvgIpc) is 2.22. The number of halogens is 2. The molecule has 0 aliphatic heterocycles. The van der Waals surface area contributed by atoms with Crippen LogP contribution >= 0.6 is 27.7 Å². The Balaban J connectivity index is 2.65. The summed E-state index contributed by atoms with van der Waals surface area (Å²) in [5.41, 5.74) is 0.380. The molecule has 0 aromatic heterocycles. The Hall–Kier alpha value is -0.0600. The summed E-state index contributed by atoms with van der Waals surface area (Å²) in [6.07, 6.45) is 2.82. The van der Waals surface area contributed by atoms with Crippen LogP contribution < -0.4 is 0 Å². The topological polar surface area (TPSA) is 20.2 Å². The zero-order valence-corrected chi connectivity index (χ0v) is 10.9. The second-order valence-electron chi connectivity index (χ2n) is 3.29. The lowest BCUT2D eigenvalue weighted by molar-refractivity contribution is 0.162. The molecule has 0 bridgehead atoms. The van der Waals surface area contributed by atoms with Gasteiger partial charge in [-0.2, -0.15) is 11.8 Å². The monoisotopic (exact) mass is 292 g/mol. The van der Waals surface area contributed by atoms with Crippen LogP contribution in [0.2, 0.25) is 0 Å². The summed E-state index contributed by atoms with van der Waals surface area (Å²) in [6, 6.07) is 5.00. The SMILES string of the molecule is CSCCCC(O)c1cccc(Br)c1F. The minimum Gasteiger partial charge on any atom is -0.388 e. The van der Waals surface area contributed by atoms with Gasteiger partial charge in [-0.1, -0.05) is 12.1 Å². The molecule has 0 saturated carbocycles. The Morgan fingerprint density at radius 2 is 2.27 bits per heavy atom. The summed E-state index contributed by atoms with van der Waals surface area (Å²) in [6.45, 7) is 0. The second-order valence-corrected chi connectivity index (χ2v) is 5.13. The molecule has 1 aromatic carbocycles. The van der Waals surface area contributed by atoms with E-state index < -0.39 is 6.10 Å². The molecule has 1 nitrogen and oxygen atoms in total. The van der Waals surface area contributed by atoms with Gasteiger partial charge in [0.2, 0.25) is 0 Å². The second kappa shape index (κ2) is 6.51. The van der Waals surface area contributed by atoms with E-state index in [0.717, 1.165) is 12.2 Å². The van der Waals surface area contributed by atoms with E-state index in [0.29, 0.717) is 16.5 Å². The Morgan fingerprint density at radius 1 is 1.53 bits per heavy atom. The van der Waals surface area contributed by atoms with Crippen LogP contribution in [0.1, 0.15) is 24.5 Å². The molecule has 1 atom stereocenters. The fraction of sp³-hybridized carbons (Fsp3) is 0.455. The van der Waals surface area contributed by atoms with Crippen LogP contribution in [0.25, 0.3) is 0 Å². The molecule has 4 heteroatoms. The molecule has 84 valence electrons. The maximum atomic E-state index is 13.5. The molecule has 0 aliphatic rings. The molecular formula is C11H14BrFOS. The summed E-state index contributed by atoms with van der Waals surface area (Å²) in [7, 11) is 0. The standard InChI is InChI=1S/C11H14BrFOS/c1-15-7-3-6-10(14)8-4-2-5-9(12)11(8)13/h2,4-5,10,14H,3,6-7H2,1H3. The molecule has 0 heterocycles. The first-order valence-electron chi connectivity index (χ1n) is 4.77. The van der Waals surface area contributed by atoms with Gasteiger partial charge < -0.3 is 5.11 Å². The largest absolute Gasteiger partial charge is 0.388 e. The molecule has 0 radical (unpaired) electrons. The van der Waals surface area contributed by atoms with Crippen LogP contribution in [-0.2, 0) is 0 Å². The zero-order chi connectivity index (χ0) is 11.3. The van der Waals surface area contributed by atoms with Gasteiger partial charge in [0.1, 0.15) is 5.82 Å². The first-order valence-corrected chi connectivity index (χ1v) is 6.96. The summed E-state index contributed by atoms with van der Waals surface area (Å²) >= 11 is 4.84. The minimum absolute atomic E-state index is 0.353. The van der Waals surface area contributed by atoms with E-state index in [1.807, 2.05) is 6.26 Å². The molecule has 0 aliphatic carbocycles. The highest BCUT2D eigenvalue weighted by atomic mass is 79.9. The first kappa shape index (κ1) is 13.0. The molecule has 15 heavy (non-hydrogen) atoms. The van der Waals surface area contributed by atoms with E-state index in [-0.39, 0.29) is 5.82 Å². The minimum atomic E-state index is -0.699. The Kier molecular flexibility index (Phi) is 5.64. The fourth-order valence-electron chi connectivity index (χ4n) is 1.35. The van der Waals surface area contributed by atoms with Crippen molar-refractivity contribution in [2.75, 3.05) is 12.0 Å². The van der Waals surface area contributed by atoms with Gasteiger partial charge in [-0.05, 0) is 46.8 Å². The van der Waals surface area contributed by atoms with Gasteiger partial charge >= 0.3 is 0 Å². The molecule has 0 spiro atoms. The van der Waals surface area contributed by atoms with Gasteiger partial charge in [0, 0.05) is 5.56 Å². The lowest BCUT2D eigenvalue weighted by Gasteiger charge is -2.12. The molecular weight excluding hydrogens is 279 g/mol. The predicted molar refractivity (Wildman–Crippen MR) is 66.7 cm³/mol. The van der Waals surface area contributed by atoms with Crippen molar-refractivity contribution in [3.05, 3.63) is 34.1 Å². The van der Waals surface area contributed by atoms with Gasteiger partial charge in [-0.15, -0.1) is 0 Å². The Morgan fingerprint density at radius 3 is 2.93 bits per heavy atom. The third-order valence-electron chi connectivity index (χ3n) is 2.17. The number of aliphatic hydroxyl groups excluding tert-OH is 1. The van der Waals surface area contributed by atoms with Crippen LogP contribution in [0.5, 0.6) is 0 Å². The highest BCUT2D eigenvalue weighted by Crippen LogP contribution is 2.26. The number of thioether (sulfide) groups is 1. The van der Waals surface area contributed by atoms with Crippen LogP contribution in [0.3, 0.4) is 0 Å². The fourth-order valence-corrected chi connectivity index (χ4v) is 2.19. The van der Waals surface area contributed by atoms with E-state index in [1.165, 1.54) is 0 Å². The van der Waals surface area contributed by atoms with Gasteiger partial charge in [0.15, 0.2) is 0 Å². The van der Waals surface area contributed by atoms with Gasteiger partial charge in [0.05, 0.1) is 10.6 Å². The van der Waals surface area contributed by atoms with E-state index in [4.69, 9.17) is 0 Å². The van der Waals surface area contributed by atoms with Crippen molar-refractivity contribution in [1.29, 1.82) is 0 Å². The van der Waals surface area contributed by atoms with Crippen molar-refractivity contribution >= 4 is 27.7 Å². The summed E-state index contributed by atoms with van der Waals surface area (Å²) in [4.78, 5) is 0. The number of hydrogen-bond acceptors (Lipinski definition) is 2. The summed E-state index contributed by atoms with van der Waals surface area (Å²) in [5, 5.41) is 9.78. The molecule has 0 saturated heterocycles. The van der Waals surface area contributed by atoms with Crippen LogP contribution in [0.15, 0.2) is 22.7 Å². The third-order valence-corrected chi connectivity index (χ3v) is 3.48.